The highest BCUT2D eigenvalue weighted by Crippen LogP contribution is 2.25. The Hall–Kier alpha value is -2.99. The molecular weight excluding hydrogens is 372 g/mol. The van der Waals surface area contributed by atoms with E-state index >= 15 is 0 Å². The normalized spacial score (nSPS) is 14.3. The van der Waals surface area contributed by atoms with Gasteiger partial charge in [0.05, 0.1) is 10.7 Å². The van der Waals surface area contributed by atoms with Crippen molar-refractivity contribution < 1.29 is 0 Å². The zero-order chi connectivity index (χ0) is 19.7. The molecule has 0 fully saturated rings. The number of hydrogen-bond donors (Lipinski definition) is 0. The molecule has 0 bridgehead atoms. The number of aliphatic imine (C=N–C) groups is 1. The topological polar surface area (TPSA) is 58.7 Å². The molecule has 4 rings (SSSR count). The molecule has 0 aliphatic carbocycles. The van der Waals surface area contributed by atoms with Crippen molar-refractivity contribution in [2.45, 2.75) is 20.8 Å². The van der Waals surface area contributed by atoms with E-state index in [1.54, 1.807) is 0 Å². The van der Waals surface area contributed by atoms with Crippen LogP contribution in [-0.4, -0.2) is 39.4 Å². The average Bonchev–Trinajstić information content (AvgIpc) is 3.21. The number of fused-ring (bicyclic) bond motifs is 1. The van der Waals surface area contributed by atoms with Gasteiger partial charge in [0.2, 0.25) is 5.82 Å². The van der Waals surface area contributed by atoms with E-state index in [1.165, 1.54) is 10.5 Å². The summed E-state index contributed by atoms with van der Waals surface area (Å²) in [6.07, 6.45) is 0. The number of benzene rings is 2. The second kappa shape index (κ2) is 7.56. The zero-order valence-electron chi connectivity index (χ0n) is 16.1. The van der Waals surface area contributed by atoms with Crippen LogP contribution in [0.2, 0.25) is 5.02 Å². The summed E-state index contributed by atoms with van der Waals surface area (Å²) >= 11 is 6.41. The van der Waals surface area contributed by atoms with Gasteiger partial charge >= 0.3 is 0 Å². The number of anilines is 1. The van der Waals surface area contributed by atoms with Gasteiger partial charge in [0.15, 0.2) is 5.82 Å². The van der Waals surface area contributed by atoms with Gasteiger partial charge in [-0.05, 0) is 51.1 Å². The molecule has 0 amide bonds. The van der Waals surface area contributed by atoms with Gasteiger partial charge in [0, 0.05) is 24.3 Å². The number of hydrogen-bond acceptors (Lipinski definition) is 5. The van der Waals surface area contributed by atoms with Crippen molar-refractivity contribution in [3.63, 3.8) is 0 Å². The second-order valence-electron chi connectivity index (χ2n) is 6.45. The van der Waals surface area contributed by atoms with Crippen LogP contribution < -0.4 is 4.90 Å². The molecule has 0 saturated carbocycles. The molecule has 28 heavy (non-hydrogen) atoms. The average molecular weight is 393 g/mol. The summed E-state index contributed by atoms with van der Waals surface area (Å²) in [6.45, 7) is 8.08. The van der Waals surface area contributed by atoms with Crippen LogP contribution in [0.4, 0.5) is 11.4 Å². The summed E-state index contributed by atoms with van der Waals surface area (Å²) in [5, 5.41) is 9.54. The molecule has 0 unspecified atom stereocenters. The minimum atomic E-state index is 0.619. The number of halogens is 1. The number of aromatic nitrogens is 3. The SMILES string of the molecule is CCN(CC)c1ccc(N=C2C(c3ccccc3Cl)=Nn3nc(C)nc32)cc1. The largest absolute Gasteiger partial charge is 0.372 e. The summed E-state index contributed by atoms with van der Waals surface area (Å²) < 4.78 is 0. The fourth-order valence-electron chi connectivity index (χ4n) is 3.26. The zero-order valence-corrected chi connectivity index (χ0v) is 16.9. The maximum atomic E-state index is 6.41. The first-order chi connectivity index (χ1) is 13.6. The predicted octanol–water partition coefficient (Wildman–Crippen LogP) is 4.47. The molecule has 0 N–H and O–H groups in total. The summed E-state index contributed by atoms with van der Waals surface area (Å²) in [4.78, 5) is 13.2. The summed E-state index contributed by atoms with van der Waals surface area (Å²) in [5.74, 6) is 1.28. The van der Waals surface area contributed by atoms with E-state index in [4.69, 9.17) is 16.6 Å². The maximum Gasteiger partial charge on any atom is 0.204 e. The van der Waals surface area contributed by atoms with Crippen LogP contribution in [-0.2, 0) is 0 Å². The van der Waals surface area contributed by atoms with Crippen molar-refractivity contribution in [2.75, 3.05) is 18.0 Å². The molecule has 142 valence electrons. The van der Waals surface area contributed by atoms with E-state index in [2.05, 4.69) is 46.1 Å². The highest BCUT2D eigenvalue weighted by molar-refractivity contribution is 6.56. The second-order valence-corrected chi connectivity index (χ2v) is 6.86. The first kappa shape index (κ1) is 18.4. The van der Waals surface area contributed by atoms with E-state index in [1.807, 2.05) is 43.3 Å². The maximum absolute atomic E-state index is 6.41. The molecule has 1 aromatic heterocycles. The van der Waals surface area contributed by atoms with E-state index in [9.17, 15) is 0 Å². The van der Waals surface area contributed by atoms with Crippen LogP contribution in [0.1, 0.15) is 31.1 Å². The lowest BCUT2D eigenvalue weighted by molar-refractivity contribution is 0.737. The summed E-state index contributed by atoms with van der Waals surface area (Å²) in [5.41, 5.74) is 4.17. The van der Waals surface area contributed by atoms with Gasteiger partial charge in [-0.25, -0.2) is 9.98 Å². The van der Waals surface area contributed by atoms with E-state index in [0.717, 1.165) is 24.3 Å². The Morgan fingerprint density at radius 3 is 2.43 bits per heavy atom. The van der Waals surface area contributed by atoms with E-state index in [0.29, 0.717) is 28.1 Å². The Morgan fingerprint density at radius 2 is 1.75 bits per heavy atom. The lowest BCUT2D eigenvalue weighted by Crippen LogP contribution is -2.21. The Kier molecular flexibility index (Phi) is 4.96. The van der Waals surface area contributed by atoms with E-state index < -0.39 is 0 Å². The molecule has 0 spiro atoms. The quantitative estimate of drug-likeness (QED) is 0.643. The van der Waals surface area contributed by atoms with Gasteiger partial charge in [-0.1, -0.05) is 29.8 Å². The molecule has 1 aliphatic rings. The van der Waals surface area contributed by atoms with Gasteiger partial charge in [-0.3, -0.25) is 0 Å². The first-order valence-corrected chi connectivity index (χ1v) is 9.70. The molecular formula is C21H21ClN6. The van der Waals surface area contributed by atoms with Crippen LogP contribution in [0.25, 0.3) is 0 Å². The molecule has 0 saturated heterocycles. The molecule has 3 aromatic rings. The van der Waals surface area contributed by atoms with E-state index in [-0.39, 0.29) is 0 Å². The number of aryl methyl sites for hydroxylation is 1. The lowest BCUT2D eigenvalue weighted by Gasteiger charge is -2.20. The van der Waals surface area contributed by atoms with Crippen molar-refractivity contribution in [3.05, 3.63) is 70.8 Å². The van der Waals surface area contributed by atoms with Crippen molar-refractivity contribution in [1.29, 1.82) is 0 Å². The molecule has 1 aliphatic heterocycles. The Balaban J connectivity index is 1.77. The fraction of sp³-hybridized carbons (Fsp3) is 0.238. The number of nitrogens with zero attached hydrogens (tertiary/aromatic N) is 6. The fourth-order valence-corrected chi connectivity index (χ4v) is 3.49. The van der Waals surface area contributed by atoms with Crippen LogP contribution >= 0.6 is 11.6 Å². The lowest BCUT2D eigenvalue weighted by atomic mass is 10.1. The van der Waals surface area contributed by atoms with Crippen molar-refractivity contribution in [1.82, 2.24) is 14.9 Å². The minimum absolute atomic E-state index is 0.619. The van der Waals surface area contributed by atoms with Gasteiger partial charge in [0.1, 0.15) is 11.4 Å². The van der Waals surface area contributed by atoms with Crippen LogP contribution in [0, 0.1) is 6.92 Å². The smallest absolute Gasteiger partial charge is 0.204 e. The van der Waals surface area contributed by atoms with Gasteiger partial charge in [0.25, 0.3) is 0 Å². The number of rotatable bonds is 5. The molecule has 2 heterocycles. The van der Waals surface area contributed by atoms with Crippen molar-refractivity contribution in [2.24, 2.45) is 10.1 Å². The highest BCUT2D eigenvalue weighted by atomic mass is 35.5. The van der Waals surface area contributed by atoms with Crippen molar-refractivity contribution in [3.8, 4) is 0 Å². The predicted molar refractivity (Wildman–Crippen MR) is 114 cm³/mol. The van der Waals surface area contributed by atoms with Gasteiger partial charge < -0.3 is 4.90 Å². The summed E-state index contributed by atoms with van der Waals surface area (Å²) in [7, 11) is 0. The molecule has 0 radical (unpaired) electrons. The molecule has 6 nitrogen and oxygen atoms in total. The third kappa shape index (κ3) is 3.31. The first-order valence-electron chi connectivity index (χ1n) is 9.32. The van der Waals surface area contributed by atoms with Gasteiger partial charge in [-0.2, -0.15) is 0 Å². The van der Waals surface area contributed by atoms with Crippen LogP contribution in [0.3, 0.4) is 0 Å². The third-order valence-electron chi connectivity index (χ3n) is 4.68. The third-order valence-corrected chi connectivity index (χ3v) is 5.01. The monoisotopic (exact) mass is 392 g/mol. The van der Waals surface area contributed by atoms with Crippen LogP contribution in [0.5, 0.6) is 0 Å². The Bertz CT molecular complexity index is 1060. The molecule has 0 atom stereocenters. The Morgan fingerprint density at radius 1 is 1.04 bits per heavy atom. The molecule has 7 heteroatoms. The van der Waals surface area contributed by atoms with Crippen LogP contribution in [0.15, 0.2) is 58.6 Å². The van der Waals surface area contributed by atoms with Crippen molar-refractivity contribution >= 4 is 34.4 Å². The Labute approximate surface area is 169 Å². The molecule has 2 aromatic carbocycles. The minimum Gasteiger partial charge on any atom is -0.372 e. The highest BCUT2D eigenvalue weighted by Gasteiger charge is 2.29. The standard InChI is InChI=1S/C21H21ClN6/c1-4-27(5-2)16-12-10-15(11-13-16)24-20-19(17-8-6-7-9-18(17)22)26-28-21(20)23-14(3)25-28/h6-13H,4-5H2,1-3H3. The van der Waals surface area contributed by atoms with Gasteiger partial charge in [-0.15, -0.1) is 15.0 Å². The summed E-state index contributed by atoms with van der Waals surface area (Å²) in [6, 6.07) is 15.8.